The number of halogens is 1. The predicted octanol–water partition coefficient (Wildman–Crippen LogP) is 1.57. The lowest BCUT2D eigenvalue weighted by Gasteiger charge is -2.26. The fourth-order valence-electron chi connectivity index (χ4n) is 2.20. The normalized spacial score (nSPS) is 11.3. The van der Waals surface area contributed by atoms with Crippen LogP contribution < -0.4 is 14.4 Å². The van der Waals surface area contributed by atoms with Crippen LogP contribution in [0.3, 0.4) is 0 Å². The van der Waals surface area contributed by atoms with Gasteiger partial charge in [0.25, 0.3) is 0 Å². The molecule has 0 saturated heterocycles. The van der Waals surface area contributed by atoms with Crippen LogP contribution in [0.5, 0.6) is 11.5 Å². The molecule has 1 unspecified atom stereocenters. The molecule has 0 N–H and O–H groups in total. The van der Waals surface area contributed by atoms with Crippen molar-refractivity contribution in [3.63, 3.8) is 0 Å². The first-order valence-corrected chi connectivity index (χ1v) is 8.05. The van der Waals surface area contributed by atoms with E-state index in [1.807, 2.05) is 0 Å². The minimum Gasteiger partial charge on any atom is -0.497 e. The van der Waals surface area contributed by atoms with Crippen molar-refractivity contribution in [1.29, 1.82) is 0 Å². The summed E-state index contributed by atoms with van der Waals surface area (Å²) in [6, 6.07) is 4.53. The van der Waals surface area contributed by atoms with Crippen LogP contribution in [0, 0.1) is 5.92 Å². The van der Waals surface area contributed by atoms with Crippen molar-refractivity contribution < 1.29 is 33.4 Å². The van der Waals surface area contributed by atoms with Crippen LogP contribution in [-0.4, -0.2) is 50.3 Å². The van der Waals surface area contributed by atoms with E-state index in [0.29, 0.717) is 5.75 Å². The van der Waals surface area contributed by atoms with E-state index in [2.05, 4.69) is 0 Å². The van der Waals surface area contributed by atoms with Gasteiger partial charge in [-0.1, -0.05) is 0 Å². The molecule has 1 atom stereocenters. The highest BCUT2D eigenvalue weighted by Crippen LogP contribution is 2.33. The molecular weight excluding hydrogens is 366 g/mol. The standard InChI is InChI=1S/C17H20ClNO7/c1-5-26-17(23)12(10(2)20)9-19(16(22)15(18)21)13-8-11(24-3)6-7-14(13)25-4/h6-8,12H,5,9H2,1-4H3. The summed E-state index contributed by atoms with van der Waals surface area (Å²) in [5.74, 6) is -3.13. The summed E-state index contributed by atoms with van der Waals surface area (Å²) in [6.07, 6.45) is 0. The molecule has 1 aromatic rings. The van der Waals surface area contributed by atoms with Crippen molar-refractivity contribution in [3.05, 3.63) is 18.2 Å². The Balaban J connectivity index is 3.41. The fourth-order valence-corrected chi connectivity index (χ4v) is 2.30. The van der Waals surface area contributed by atoms with Crippen molar-refractivity contribution in [2.75, 3.05) is 32.3 Å². The van der Waals surface area contributed by atoms with E-state index in [1.165, 1.54) is 33.3 Å². The number of benzene rings is 1. The van der Waals surface area contributed by atoms with Crippen LogP contribution in [0.1, 0.15) is 13.8 Å². The quantitative estimate of drug-likeness (QED) is 0.275. The molecule has 0 aromatic heterocycles. The van der Waals surface area contributed by atoms with Gasteiger partial charge in [0, 0.05) is 12.6 Å². The number of anilines is 1. The van der Waals surface area contributed by atoms with E-state index >= 15 is 0 Å². The molecule has 1 aromatic carbocycles. The molecule has 0 fully saturated rings. The third-order valence-electron chi connectivity index (χ3n) is 3.52. The Morgan fingerprint density at radius 3 is 2.27 bits per heavy atom. The van der Waals surface area contributed by atoms with Gasteiger partial charge in [0.1, 0.15) is 23.2 Å². The SMILES string of the molecule is CCOC(=O)C(CN(C(=O)C(=O)Cl)c1cc(OC)ccc1OC)C(C)=O. The van der Waals surface area contributed by atoms with Gasteiger partial charge in [0.15, 0.2) is 0 Å². The Labute approximate surface area is 155 Å². The topological polar surface area (TPSA) is 99.2 Å². The summed E-state index contributed by atoms with van der Waals surface area (Å²) in [4.78, 5) is 48.6. The van der Waals surface area contributed by atoms with E-state index in [4.69, 9.17) is 25.8 Å². The molecule has 0 bridgehead atoms. The van der Waals surface area contributed by atoms with E-state index in [0.717, 1.165) is 4.90 Å². The average molecular weight is 386 g/mol. The smallest absolute Gasteiger partial charge is 0.318 e. The van der Waals surface area contributed by atoms with Crippen LogP contribution in [-0.2, 0) is 23.9 Å². The van der Waals surface area contributed by atoms with Crippen LogP contribution in [0.25, 0.3) is 0 Å². The summed E-state index contributed by atoms with van der Waals surface area (Å²) >= 11 is 5.34. The van der Waals surface area contributed by atoms with Gasteiger partial charge in [0.2, 0.25) is 0 Å². The van der Waals surface area contributed by atoms with Crippen molar-refractivity contribution in [2.24, 2.45) is 5.92 Å². The maximum absolute atomic E-state index is 12.3. The number of Topliss-reactive ketones (excluding diaryl/α,β-unsaturated/α-hetero) is 1. The molecule has 0 aliphatic carbocycles. The Morgan fingerprint density at radius 2 is 1.81 bits per heavy atom. The molecule has 0 saturated carbocycles. The maximum atomic E-state index is 12.3. The molecule has 142 valence electrons. The zero-order valence-electron chi connectivity index (χ0n) is 14.9. The van der Waals surface area contributed by atoms with E-state index in [1.54, 1.807) is 13.0 Å². The molecule has 1 rings (SSSR count). The third kappa shape index (κ3) is 5.19. The van der Waals surface area contributed by atoms with Gasteiger partial charge in [0.05, 0.1) is 26.5 Å². The zero-order valence-corrected chi connectivity index (χ0v) is 15.7. The summed E-state index contributed by atoms with van der Waals surface area (Å²) in [7, 11) is 2.78. The Morgan fingerprint density at radius 1 is 1.15 bits per heavy atom. The number of methoxy groups -OCH3 is 2. The number of esters is 1. The van der Waals surface area contributed by atoms with Crippen LogP contribution in [0.2, 0.25) is 0 Å². The van der Waals surface area contributed by atoms with Crippen LogP contribution in [0.4, 0.5) is 5.69 Å². The van der Waals surface area contributed by atoms with Gasteiger partial charge in [-0.3, -0.25) is 24.1 Å². The summed E-state index contributed by atoms with van der Waals surface area (Å²) in [5.41, 5.74) is 0.126. The molecule has 0 heterocycles. The van der Waals surface area contributed by atoms with Gasteiger partial charge >= 0.3 is 17.1 Å². The van der Waals surface area contributed by atoms with Crippen LogP contribution in [0.15, 0.2) is 18.2 Å². The lowest BCUT2D eigenvalue weighted by molar-refractivity contribution is -0.150. The Kier molecular flexibility index (Phi) is 8.05. The minimum atomic E-state index is -1.29. The second kappa shape index (κ2) is 9.76. The minimum absolute atomic E-state index is 0.0630. The van der Waals surface area contributed by atoms with Crippen molar-refractivity contribution in [2.45, 2.75) is 13.8 Å². The maximum Gasteiger partial charge on any atom is 0.318 e. The first-order valence-electron chi connectivity index (χ1n) is 7.67. The number of hydrogen-bond acceptors (Lipinski definition) is 7. The number of carbonyl (C=O) groups excluding carboxylic acids is 4. The highest BCUT2D eigenvalue weighted by Gasteiger charge is 2.33. The number of ether oxygens (including phenoxy) is 3. The van der Waals surface area contributed by atoms with Gasteiger partial charge in [-0.15, -0.1) is 0 Å². The molecule has 0 spiro atoms. The van der Waals surface area contributed by atoms with Gasteiger partial charge in [-0.2, -0.15) is 0 Å². The number of rotatable bonds is 9. The predicted molar refractivity (Wildman–Crippen MR) is 93.6 cm³/mol. The van der Waals surface area contributed by atoms with Gasteiger partial charge < -0.3 is 14.2 Å². The lowest BCUT2D eigenvalue weighted by Crippen LogP contribution is -2.43. The largest absolute Gasteiger partial charge is 0.497 e. The third-order valence-corrected chi connectivity index (χ3v) is 3.68. The highest BCUT2D eigenvalue weighted by atomic mass is 35.5. The molecule has 8 nitrogen and oxygen atoms in total. The zero-order chi connectivity index (χ0) is 19.9. The molecule has 0 aliphatic heterocycles. The van der Waals surface area contributed by atoms with Crippen molar-refractivity contribution >= 4 is 40.2 Å². The second-order valence-corrected chi connectivity index (χ2v) is 5.49. The molecule has 0 aliphatic rings. The van der Waals surface area contributed by atoms with Crippen LogP contribution >= 0.6 is 11.6 Å². The number of carbonyl (C=O) groups is 4. The van der Waals surface area contributed by atoms with Crippen molar-refractivity contribution in [1.82, 2.24) is 0 Å². The van der Waals surface area contributed by atoms with E-state index in [-0.39, 0.29) is 18.0 Å². The molecule has 26 heavy (non-hydrogen) atoms. The second-order valence-electron chi connectivity index (χ2n) is 5.14. The Hall–Kier alpha value is -2.61. The molecule has 9 heteroatoms. The van der Waals surface area contributed by atoms with Crippen molar-refractivity contribution in [3.8, 4) is 11.5 Å². The lowest BCUT2D eigenvalue weighted by atomic mass is 10.0. The summed E-state index contributed by atoms with van der Waals surface area (Å²) in [6.45, 7) is 2.41. The monoisotopic (exact) mass is 385 g/mol. The number of ketones is 1. The number of nitrogens with zero attached hydrogens (tertiary/aromatic N) is 1. The molecular formula is C17H20ClNO7. The molecule has 0 radical (unpaired) electrons. The number of amides is 1. The summed E-state index contributed by atoms with van der Waals surface area (Å²) in [5, 5.41) is -1.28. The average Bonchev–Trinajstić information content (AvgIpc) is 2.61. The van der Waals surface area contributed by atoms with E-state index < -0.39 is 35.4 Å². The van der Waals surface area contributed by atoms with Gasteiger partial charge in [-0.05, 0) is 37.6 Å². The highest BCUT2D eigenvalue weighted by molar-refractivity contribution is 6.82. The Bertz CT molecular complexity index is 704. The first kappa shape index (κ1) is 21.4. The van der Waals surface area contributed by atoms with E-state index in [9.17, 15) is 19.2 Å². The number of hydrogen-bond donors (Lipinski definition) is 0. The fraction of sp³-hybridized carbons (Fsp3) is 0.412. The first-order chi connectivity index (χ1) is 12.3. The van der Waals surface area contributed by atoms with Gasteiger partial charge in [-0.25, -0.2) is 0 Å². The molecule has 1 amide bonds. The summed E-state index contributed by atoms with van der Waals surface area (Å²) < 4.78 is 15.2.